The maximum absolute atomic E-state index is 12.0. The molecule has 3 rings (SSSR count). The first kappa shape index (κ1) is 16.0. The van der Waals surface area contributed by atoms with E-state index in [1.807, 2.05) is 24.3 Å². The van der Waals surface area contributed by atoms with Gasteiger partial charge in [0.25, 0.3) is 0 Å². The molecule has 6 heteroatoms. The number of esters is 1. The van der Waals surface area contributed by atoms with E-state index in [1.54, 1.807) is 0 Å². The number of carbonyl (C=O) groups is 1. The zero-order valence-corrected chi connectivity index (χ0v) is 13.7. The molecule has 114 valence electrons. The van der Waals surface area contributed by atoms with Crippen molar-refractivity contribution in [2.75, 3.05) is 20.1 Å². The molecule has 1 aliphatic heterocycles. The molecule has 0 aliphatic carbocycles. The van der Waals surface area contributed by atoms with Gasteiger partial charge in [0, 0.05) is 18.5 Å². The Labute approximate surface area is 134 Å². The number of carbonyl (C=O) groups excluding carboxylic acids is 1. The summed E-state index contributed by atoms with van der Waals surface area (Å²) in [5, 5.41) is 4.84. The van der Waals surface area contributed by atoms with Crippen molar-refractivity contribution in [2.24, 2.45) is 0 Å². The van der Waals surface area contributed by atoms with Crippen LogP contribution in [0.15, 0.2) is 28.8 Å². The van der Waals surface area contributed by atoms with Crippen molar-refractivity contribution in [3.63, 3.8) is 0 Å². The lowest BCUT2D eigenvalue weighted by atomic mass is 10.1. The van der Waals surface area contributed by atoms with E-state index in [-0.39, 0.29) is 35.5 Å². The number of benzene rings is 1. The zero-order chi connectivity index (χ0) is 13.9. The average Bonchev–Trinajstić information content (AvgIpc) is 2.85. The first-order valence-corrected chi connectivity index (χ1v) is 6.93. The molecule has 1 aromatic carbocycles. The van der Waals surface area contributed by atoms with Gasteiger partial charge in [-0.05, 0) is 32.0 Å². The molecule has 0 saturated carbocycles. The fourth-order valence-electron chi connectivity index (χ4n) is 2.53. The molecule has 0 unspecified atom stereocenters. The smallest absolute Gasteiger partial charge is 0.312 e. The molecule has 0 N–H and O–H groups in total. The zero-order valence-electron chi connectivity index (χ0n) is 11.9. The first-order valence-electron chi connectivity index (χ1n) is 6.93. The van der Waals surface area contributed by atoms with E-state index >= 15 is 0 Å². The molecule has 0 spiro atoms. The van der Waals surface area contributed by atoms with Crippen LogP contribution in [0.1, 0.15) is 18.5 Å². The van der Waals surface area contributed by atoms with Crippen molar-refractivity contribution < 1.29 is 14.1 Å². The second-order valence-electron chi connectivity index (χ2n) is 5.29. The van der Waals surface area contributed by atoms with E-state index in [4.69, 9.17) is 9.26 Å². The minimum absolute atomic E-state index is 0. The largest absolute Gasteiger partial charge is 0.462 e. The fraction of sp³-hybridized carbons (Fsp3) is 0.467. The summed E-state index contributed by atoms with van der Waals surface area (Å²) in [7, 11) is 2.08. The normalized spacial score (nSPS) is 16.6. The Morgan fingerprint density at radius 3 is 2.86 bits per heavy atom. The highest BCUT2D eigenvalue weighted by Crippen LogP contribution is 2.19. The van der Waals surface area contributed by atoms with E-state index in [1.165, 1.54) is 0 Å². The van der Waals surface area contributed by atoms with Gasteiger partial charge >= 0.3 is 5.97 Å². The van der Waals surface area contributed by atoms with Crippen LogP contribution in [0.25, 0.3) is 11.0 Å². The number of rotatable bonds is 3. The number of hydrogen-bond donors (Lipinski definition) is 0. The number of para-hydroxylation sites is 1. The molecule has 2 heterocycles. The van der Waals surface area contributed by atoms with Gasteiger partial charge in [0.1, 0.15) is 11.8 Å². The SMILES string of the molecule is Br.CN1CCC(OC(=O)Cc2noc3ccccc23)CC1. The first-order chi connectivity index (χ1) is 9.72. The second kappa shape index (κ2) is 7.04. The highest BCUT2D eigenvalue weighted by molar-refractivity contribution is 8.93. The predicted octanol–water partition coefficient (Wildman–Crippen LogP) is 2.59. The minimum atomic E-state index is -0.224. The topological polar surface area (TPSA) is 55.6 Å². The third-order valence-electron chi connectivity index (χ3n) is 3.73. The molecular formula is C15H19BrN2O3. The minimum Gasteiger partial charge on any atom is -0.462 e. The molecule has 0 bridgehead atoms. The summed E-state index contributed by atoms with van der Waals surface area (Å²) < 4.78 is 10.7. The molecule has 1 aromatic heterocycles. The maximum atomic E-state index is 12.0. The summed E-state index contributed by atoms with van der Waals surface area (Å²) in [5.74, 6) is -0.224. The summed E-state index contributed by atoms with van der Waals surface area (Å²) in [6, 6.07) is 7.54. The van der Waals surface area contributed by atoms with Gasteiger partial charge in [-0.25, -0.2) is 0 Å². The Morgan fingerprint density at radius 2 is 2.10 bits per heavy atom. The molecule has 1 saturated heterocycles. The van der Waals surface area contributed by atoms with Gasteiger partial charge in [-0.3, -0.25) is 4.79 Å². The summed E-state index contributed by atoms with van der Waals surface area (Å²) >= 11 is 0. The molecular weight excluding hydrogens is 336 g/mol. The van der Waals surface area contributed by atoms with Crippen LogP contribution < -0.4 is 0 Å². The van der Waals surface area contributed by atoms with Crippen LogP contribution in [0.2, 0.25) is 0 Å². The number of likely N-dealkylation sites (tertiary alicyclic amines) is 1. The summed E-state index contributed by atoms with van der Waals surface area (Å²) in [5.41, 5.74) is 1.35. The van der Waals surface area contributed by atoms with Crippen molar-refractivity contribution in [2.45, 2.75) is 25.4 Å². The van der Waals surface area contributed by atoms with Gasteiger partial charge in [0.2, 0.25) is 0 Å². The van der Waals surface area contributed by atoms with Crippen LogP contribution in [-0.2, 0) is 16.0 Å². The van der Waals surface area contributed by atoms with E-state index in [2.05, 4.69) is 17.1 Å². The third kappa shape index (κ3) is 3.83. The lowest BCUT2D eigenvalue weighted by Crippen LogP contribution is -2.35. The van der Waals surface area contributed by atoms with Crippen LogP contribution >= 0.6 is 17.0 Å². The Kier molecular flexibility index (Phi) is 5.36. The molecule has 2 aromatic rings. The standard InChI is InChI=1S/C15H18N2O3.BrH/c1-17-8-6-11(7-9-17)19-15(18)10-13-12-4-2-3-5-14(12)20-16-13;/h2-5,11H,6-10H2,1H3;1H. The van der Waals surface area contributed by atoms with Crippen LogP contribution in [0.5, 0.6) is 0 Å². The average molecular weight is 355 g/mol. The third-order valence-corrected chi connectivity index (χ3v) is 3.73. The Hall–Kier alpha value is -1.40. The molecule has 0 radical (unpaired) electrons. The highest BCUT2D eigenvalue weighted by atomic mass is 79.9. The fourth-order valence-corrected chi connectivity index (χ4v) is 2.53. The van der Waals surface area contributed by atoms with Crippen molar-refractivity contribution in [3.05, 3.63) is 30.0 Å². The van der Waals surface area contributed by atoms with Crippen LogP contribution in [0, 0.1) is 0 Å². The number of halogens is 1. The number of ether oxygens (including phenoxy) is 1. The number of hydrogen-bond acceptors (Lipinski definition) is 5. The predicted molar refractivity (Wildman–Crippen MR) is 84.6 cm³/mol. The summed E-state index contributed by atoms with van der Waals surface area (Å²) in [6.07, 6.45) is 2.02. The lowest BCUT2D eigenvalue weighted by Gasteiger charge is -2.28. The van der Waals surface area contributed by atoms with Gasteiger partial charge in [0.15, 0.2) is 5.58 Å². The van der Waals surface area contributed by atoms with E-state index in [9.17, 15) is 4.79 Å². The van der Waals surface area contributed by atoms with E-state index in [0.29, 0.717) is 11.3 Å². The monoisotopic (exact) mass is 354 g/mol. The lowest BCUT2D eigenvalue weighted by molar-refractivity contribution is -0.150. The quantitative estimate of drug-likeness (QED) is 0.793. The van der Waals surface area contributed by atoms with Crippen LogP contribution in [-0.4, -0.2) is 42.3 Å². The van der Waals surface area contributed by atoms with Crippen LogP contribution in [0.3, 0.4) is 0 Å². The molecule has 1 fully saturated rings. The van der Waals surface area contributed by atoms with Crippen molar-refractivity contribution in [3.8, 4) is 0 Å². The molecule has 1 aliphatic rings. The van der Waals surface area contributed by atoms with Crippen molar-refractivity contribution >= 4 is 33.9 Å². The summed E-state index contributed by atoms with van der Waals surface area (Å²) in [6.45, 7) is 1.95. The number of fused-ring (bicyclic) bond motifs is 1. The number of aromatic nitrogens is 1. The van der Waals surface area contributed by atoms with Gasteiger partial charge in [-0.2, -0.15) is 0 Å². The molecule has 0 amide bonds. The van der Waals surface area contributed by atoms with E-state index < -0.39 is 0 Å². The maximum Gasteiger partial charge on any atom is 0.312 e. The van der Waals surface area contributed by atoms with Gasteiger partial charge in [-0.1, -0.05) is 17.3 Å². The highest BCUT2D eigenvalue weighted by Gasteiger charge is 2.21. The number of piperidine rings is 1. The van der Waals surface area contributed by atoms with Crippen molar-refractivity contribution in [1.82, 2.24) is 10.1 Å². The Bertz CT molecular complexity index is 606. The van der Waals surface area contributed by atoms with Gasteiger partial charge in [-0.15, -0.1) is 17.0 Å². The number of nitrogens with zero attached hydrogens (tertiary/aromatic N) is 2. The Balaban J connectivity index is 0.00000161. The van der Waals surface area contributed by atoms with Gasteiger partial charge < -0.3 is 14.2 Å². The van der Waals surface area contributed by atoms with Gasteiger partial charge in [0.05, 0.1) is 6.42 Å². The molecule has 5 nitrogen and oxygen atoms in total. The molecule has 0 atom stereocenters. The molecule has 21 heavy (non-hydrogen) atoms. The van der Waals surface area contributed by atoms with Crippen molar-refractivity contribution in [1.29, 1.82) is 0 Å². The second-order valence-corrected chi connectivity index (χ2v) is 5.29. The van der Waals surface area contributed by atoms with E-state index in [0.717, 1.165) is 31.3 Å². The Morgan fingerprint density at radius 1 is 1.38 bits per heavy atom. The van der Waals surface area contributed by atoms with Crippen LogP contribution in [0.4, 0.5) is 0 Å². The summed E-state index contributed by atoms with van der Waals surface area (Å²) in [4.78, 5) is 14.2.